The number of thiocarbonyl (C=S) groups is 1. The lowest BCUT2D eigenvalue weighted by atomic mass is 10.2. The minimum absolute atomic E-state index is 0.238. The fourth-order valence-electron chi connectivity index (χ4n) is 1.74. The van der Waals surface area contributed by atoms with E-state index < -0.39 is 0 Å². The van der Waals surface area contributed by atoms with Crippen molar-refractivity contribution in [2.45, 2.75) is 6.42 Å². The lowest BCUT2D eigenvalue weighted by Crippen LogP contribution is -2.13. The van der Waals surface area contributed by atoms with Gasteiger partial charge >= 0.3 is 0 Å². The summed E-state index contributed by atoms with van der Waals surface area (Å²) < 4.78 is 7.46. The third-order valence-electron chi connectivity index (χ3n) is 2.63. The smallest absolute Gasteiger partial charge is 0.130 e. The van der Waals surface area contributed by atoms with Crippen LogP contribution >= 0.6 is 23.8 Å². The number of hydrogen-bond acceptors (Lipinski definition) is 3. The number of rotatable bonds is 5. The van der Waals surface area contributed by atoms with Crippen LogP contribution < -0.4 is 10.5 Å². The van der Waals surface area contributed by atoms with Crippen LogP contribution in [0.5, 0.6) is 5.75 Å². The van der Waals surface area contributed by atoms with Crippen molar-refractivity contribution in [1.82, 2.24) is 9.78 Å². The molecule has 0 atom stereocenters. The quantitative estimate of drug-likeness (QED) is 0.860. The van der Waals surface area contributed by atoms with Gasteiger partial charge in [-0.3, -0.25) is 4.68 Å². The van der Waals surface area contributed by atoms with Gasteiger partial charge in [0.05, 0.1) is 23.4 Å². The summed E-state index contributed by atoms with van der Waals surface area (Å²) >= 11 is 11.0. The summed E-state index contributed by atoms with van der Waals surface area (Å²) in [6, 6.07) is 5.36. The van der Waals surface area contributed by atoms with Crippen molar-refractivity contribution >= 4 is 28.8 Å². The van der Waals surface area contributed by atoms with E-state index in [2.05, 4.69) is 5.10 Å². The molecule has 0 radical (unpaired) electrons. The third kappa shape index (κ3) is 3.45. The minimum Gasteiger partial charge on any atom is -0.492 e. The molecule has 4 nitrogen and oxygen atoms in total. The molecule has 1 heterocycles. The largest absolute Gasteiger partial charge is 0.492 e. The molecule has 0 saturated carbocycles. The van der Waals surface area contributed by atoms with Crippen molar-refractivity contribution < 1.29 is 4.74 Å². The van der Waals surface area contributed by atoms with E-state index in [-0.39, 0.29) is 4.99 Å². The number of aromatic nitrogens is 2. The number of nitrogens with zero attached hydrogens (tertiary/aromatic N) is 2. The highest BCUT2D eigenvalue weighted by Crippen LogP contribution is 2.26. The molecule has 2 rings (SSSR count). The van der Waals surface area contributed by atoms with Crippen molar-refractivity contribution in [1.29, 1.82) is 0 Å². The number of benzene rings is 1. The lowest BCUT2D eigenvalue weighted by Gasteiger charge is -2.11. The van der Waals surface area contributed by atoms with Crippen LogP contribution in [0.25, 0.3) is 0 Å². The fourth-order valence-corrected chi connectivity index (χ4v) is 2.28. The summed E-state index contributed by atoms with van der Waals surface area (Å²) in [5, 5.41) is 4.61. The predicted octanol–water partition coefficient (Wildman–Crippen LogP) is 2.33. The van der Waals surface area contributed by atoms with Gasteiger partial charge in [-0.1, -0.05) is 29.9 Å². The molecule has 0 saturated heterocycles. The molecule has 1 aromatic heterocycles. The number of hydrogen-bond donors (Lipinski definition) is 1. The summed E-state index contributed by atoms with van der Waals surface area (Å²) in [6.07, 6.45) is 4.53. The van der Waals surface area contributed by atoms with Crippen LogP contribution in [-0.4, -0.2) is 21.4 Å². The van der Waals surface area contributed by atoms with Gasteiger partial charge in [0, 0.05) is 19.7 Å². The summed E-state index contributed by atoms with van der Waals surface area (Å²) in [6.45, 7) is 0.516. The highest BCUT2D eigenvalue weighted by Gasteiger charge is 2.10. The Hall–Kier alpha value is -1.59. The molecule has 2 aromatic rings. The highest BCUT2D eigenvalue weighted by molar-refractivity contribution is 7.80. The molecule has 0 aliphatic heterocycles. The van der Waals surface area contributed by atoms with Crippen molar-refractivity contribution in [2.75, 3.05) is 6.61 Å². The Morgan fingerprint density at radius 3 is 2.95 bits per heavy atom. The first-order valence-electron chi connectivity index (χ1n) is 5.76. The molecule has 0 aliphatic carbocycles. The molecular weight excluding hydrogens is 282 g/mol. The van der Waals surface area contributed by atoms with E-state index >= 15 is 0 Å². The molecule has 0 fully saturated rings. The van der Waals surface area contributed by atoms with Gasteiger partial charge < -0.3 is 10.5 Å². The zero-order valence-corrected chi connectivity index (χ0v) is 12.0. The Balaban J connectivity index is 2.03. The third-order valence-corrected chi connectivity index (χ3v) is 3.15. The zero-order chi connectivity index (χ0) is 13.8. The van der Waals surface area contributed by atoms with E-state index in [1.54, 1.807) is 10.7 Å². The van der Waals surface area contributed by atoms with E-state index in [0.717, 1.165) is 12.0 Å². The Morgan fingerprint density at radius 2 is 2.32 bits per heavy atom. The van der Waals surface area contributed by atoms with Crippen LogP contribution in [0.1, 0.15) is 11.1 Å². The van der Waals surface area contributed by atoms with E-state index in [1.807, 2.05) is 31.6 Å². The van der Waals surface area contributed by atoms with Gasteiger partial charge in [0.15, 0.2) is 0 Å². The molecule has 0 spiro atoms. The molecule has 0 bridgehead atoms. The molecule has 1 aromatic carbocycles. The van der Waals surface area contributed by atoms with E-state index in [4.69, 9.17) is 34.3 Å². The SMILES string of the molecule is Cn1cc(CCOc2cccc(Cl)c2C(N)=S)cn1. The second kappa shape index (κ2) is 6.04. The summed E-state index contributed by atoms with van der Waals surface area (Å²) in [7, 11) is 1.88. The van der Waals surface area contributed by atoms with Crippen LogP contribution in [0.3, 0.4) is 0 Å². The molecule has 0 unspecified atom stereocenters. The number of aryl methyl sites for hydroxylation is 1. The average molecular weight is 296 g/mol. The van der Waals surface area contributed by atoms with Crippen LogP contribution in [0.4, 0.5) is 0 Å². The van der Waals surface area contributed by atoms with Crippen LogP contribution in [0, 0.1) is 0 Å². The normalized spacial score (nSPS) is 10.4. The topological polar surface area (TPSA) is 53.1 Å². The van der Waals surface area contributed by atoms with Gasteiger partial charge in [0.2, 0.25) is 0 Å². The number of nitrogens with two attached hydrogens (primary N) is 1. The van der Waals surface area contributed by atoms with Gasteiger partial charge in [-0.15, -0.1) is 0 Å². The van der Waals surface area contributed by atoms with E-state index in [1.165, 1.54) is 0 Å². The highest BCUT2D eigenvalue weighted by atomic mass is 35.5. The number of halogens is 1. The van der Waals surface area contributed by atoms with Crippen molar-refractivity contribution in [3.63, 3.8) is 0 Å². The average Bonchev–Trinajstić information content (AvgIpc) is 2.74. The van der Waals surface area contributed by atoms with E-state index in [0.29, 0.717) is 22.9 Å². The van der Waals surface area contributed by atoms with Crippen LogP contribution in [0.2, 0.25) is 5.02 Å². The summed E-state index contributed by atoms with van der Waals surface area (Å²) in [5.41, 5.74) is 7.36. The van der Waals surface area contributed by atoms with Crippen molar-refractivity contribution in [3.8, 4) is 5.75 Å². The standard InChI is InChI=1S/C13H14ClN3OS/c1-17-8-9(7-16-17)5-6-18-11-4-2-3-10(14)12(11)13(15)19/h2-4,7-8H,5-6H2,1H3,(H2,15,19). The maximum atomic E-state index is 6.06. The van der Waals surface area contributed by atoms with Crippen LogP contribution in [-0.2, 0) is 13.5 Å². The van der Waals surface area contributed by atoms with Gasteiger partial charge in [-0.2, -0.15) is 5.10 Å². The maximum absolute atomic E-state index is 6.06. The Labute approximate surface area is 122 Å². The maximum Gasteiger partial charge on any atom is 0.130 e. The molecule has 100 valence electrons. The molecule has 0 aliphatic rings. The van der Waals surface area contributed by atoms with Gasteiger partial charge in [0.1, 0.15) is 10.7 Å². The second-order valence-electron chi connectivity index (χ2n) is 4.10. The minimum atomic E-state index is 0.238. The molecule has 19 heavy (non-hydrogen) atoms. The fraction of sp³-hybridized carbons (Fsp3) is 0.231. The van der Waals surface area contributed by atoms with Crippen molar-refractivity contribution in [3.05, 3.63) is 46.7 Å². The second-order valence-corrected chi connectivity index (χ2v) is 4.94. The first-order chi connectivity index (χ1) is 9.08. The van der Waals surface area contributed by atoms with E-state index in [9.17, 15) is 0 Å². The Kier molecular flexibility index (Phi) is 4.39. The van der Waals surface area contributed by atoms with Gasteiger partial charge in [-0.25, -0.2) is 0 Å². The molecular formula is C13H14ClN3OS. The predicted molar refractivity (Wildman–Crippen MR) is 79.7 cm³/mol. The molecule has 0 amide bonds. The van der Waals surface area contributed by atoms with Crippen molar-refractivity contribution in [2.24, 2.45) is 12.8 Å². The first kappa shape index (κ1) is 13.8. The molecule has 6 heteroatoms. The lowest BCUT2D eigenvalue weighted by molar-refractivity contribution is 0.321. The Bertz CT molecular complexity index is 597. The summed E-state index contributed by atoms with van der Waals surface area (Å²) in [5.74, 6) is 0.615. The van der Waals surface area contributed by atoms with Crippen LogP contribution in [0.15, 0.2) is 30.6 Å². The Morgan fingerprint density at radius 1 is 1.53 bits per heavy atom. The summed E-state index contributed by atoms with van der Waals surface area (Å²) in [4.78, 5) is 0.238. The van der Waals surface area contributed by atoms with Gasteiger partial charge in [-0.05, 0) is 17.7 Å². The number of ether oxygens (including phenoxy) is 1. The monoisotopic (exact) mass is 295 g/mol. The van der Waals surface area contributed by atoms with Gasteiger partial charge in [0.25, 0.3) is 0 Å². The first-order valence-corrected chi connectivity index (χ1v) is 6.55. The molecule has 2 N–H and O–H groups in total. The zero-order valence-electron chi connectivity index (χ0n) is 10.5.